The Morgan fingerprint density at radius 1 is 1.33 bits per heavy atom. The summed E-state index contributed by atoms with van der Waals surface area (Å²) in [5, 5.41) is 0. The van der Waals surface area contributed by atoms with Gasteiger partial charge in [-0.15, -0.1) is 11.3 Å². The number of nitrogens with zero attached hydrogens (tertiary/aromatic N) is 1. The summed E-state index contributed by atoms with van der Waals surface area (Å²) in [6, 6.07) is 4.09. The van der Waals surface area contributed by atoms with Gasteiger partial charge in [-0.1, -0.05) is 39.5 Å². The molecule has 1 amide bonds. The quantitative estimate of drug-likeness (QED) is 0.819. The summed E-state index contributed by atoms with van der Waals surface area (Å²) < 4.78 is 0. The van der Waals surface area contributed by atoms with Gasteiger partial charge in [-0.3, -0.25) is 4.79 Å². The van der Waals surface area contributed by atoms with Crippen molar-refractivity contribution in [3.8, 4) is 11.8 Å². The maximum atomic E-state index is 12.8. The number of rotatable bonds is 6. The Morgan fingerprint density at radius 2 is 2.00 bits per heavy atom. The standard InChI is InChI=1S/C17H26N2OS/c1-5-14(6-2)19(12-13(3)4)17(20)16-10-9-15(21-16)8-7-11-18/h9-10,13-14H,5-6,11-12,18H2,1-4H3. The minimum absolute atomic E-state index is 0.128. The van der Waals surface area contributed by atoms with Gasteiger partial charge < -0.3 is 10.6 Å². The topological polar surface area (TPSA) is 46.3 Å². The second-order valence-electron chi connectivity index (χ2n) is 5.49. The third kappa shape index (κ3) is 5.18. The Kier molecular flexibility index (Phi) is 7.49. The fourth-order valence-corrected chi connectivity index (χ4v) is 3.16. The van der Waals surface area contributed by atoms with Gasteiger partial charge in [-0.05, 0) is 30.9 Å². The van der Waals surface area contributed by atoms with E-state index in [-0.39, 0.29) is 5.91 Å². The zero-order chi connectivity index (χ0) is 15.8. The van der Waals surface area contributed by atoms with Crippen LogP contribution in [0.15, 0.2) is 12.1 Å². The molecule has 0 aromatic carbocycles. The van der Waals surface area contributed by atoms with Crippen molar-refractivity contribution in [3.63, 3.8) is 0 Å². The first-order chi connectivity index (χ1) is 10.0. The minimum Gasteiger partial charge on any atom is -0.335 e. The summed E-state index contributed by atoms with van der Waals surface area (Å²) in [5.41, 5.74) is 5.38. The Bertz CT molecular complexity index is 506. The van der Waals surface area contributed by atoms with Gasteiger partial charge in [0.1, 0.15) is 0 Å². The SMILES string of the molecule is CCC(CC)N(CC(C)C)C(=O)c1ccc(C#CCN)s1. The van der Waals surface area contributed by atoms with Gasteiger partial charge in [0.15, 0.2) is 0 Å². The Morgan fingerprint density at radius 3 is 2.52 bits per heavy atom. The lowest BCUT2D eigenvalue weighted by Gasteiger charge is -2.31. The van der Waals surface area contributed by atoms with Crippen LogP contribution in [0.1, 0.15) is 55.1 Å². The molecule has 21 heavy (non-hydrogen) atoms. The number of hydrogen-bond acceptors (Lipinski definition) is 3. The second kappa shape index (κ2) is 8.86. The summed E-state index contributed by atoms with van der Waals surface area (Å²) in [7, 11) is 0. The largest absolute Gasteiger partial charge is 0.335 e. The molecule has 116 valence electrons. The van der Waals surface area contributed by atoms with Gasteiger partial charge in [0.25, 0.3) is 5.91 Å². The van der Waals surface area contributed by atoms with Crippen molar-refractivity contribution in [2.75, 3.05) is 13.1 Å². The van der Waals surface area contributed by atoms with E-state index in [0.717, 1.165) is 29.1 Å². The van der Waals surface area contributed by atoms with Crippen LogP contribution in [0.25, 0.3) is 0 Å². The van der Waals surface area contributed by atoms with E-state index in [2.05, 4.69) is 39.5 Å². The van der Waals surface area contributed by atoms with Crippen molar-refractivity contribution in [2.24, 2.45) is 11.7 Å². The van der Waals surface area contributed by atoms with Crippen LogP contribution in [0, 0.1) is 17.8 Å². The maximum Gasteiger partial charge on any atom is 0.264 e. The van der Waals surface area contributed by atoms with E-state index >= 15 is 0 Å². The molecule has 0 radical (unpaired) electrons. The number of nitrogens with two attached hydrogens (primary N) is 1. The molecule has 4 heteroatoms. The van der Waals surface area contributed by atoms with Gasteiger partial charge >= 0.3 is 0 Å². The third-order valence-electron chi connectivity index (χ3n) is 3.34. The van der Waals surface area contributed by atoms with Gasteiger partial charge in [-0.2, -0.15) is 0 Å². The fourth-order valence-electron chi connectivity index (χ4n) is 2.32. The van der Waals surface area contributed by atoms with Crippen LogP contribution >= 0.6 is 11.3 Å². The Labute approximate surface area is 132 Å². The van der Waals surface area contributed by atoms with Crippen molar-refractivity contribution in [1.82, 2.24) is 4.90 Å². The lowest BCUT2D eigenvalue weighted by molar-refractivity contribution is 0.0645. The molecule has 0 atom stereocenters. The molecule has 0 aliphatic rings. The second-order valence-corrected chi connectivity index (χ2v) is 6.58. The van der Waals surface area contributed by atoms with Crippen LogP contribution in [-0.4, -0.2) is 29.9 Å². The number of amides is 1. The summed E-state index contributed by atoms with van der Waals surface area (Å²) >= 11 is 1.45. The van der Waals surface area contributed by atoms with Gasteiger partial charge in [0.05, 0.1) is 16.3 Å². The molecule has 1 aromatic rings. The molecule has 0 bridgehead atoms. The van der Waals surface area contributed by atoms with Gasteiger partial charge in [0.2, 0.25) is 0 Å². The molecule has 1 aromatic heterocycles. The van der Waals surface area contributed by atoms with Crippen molar-refractivity contribution in [1.29, 1.82) is 0 Å². The minimum atomic E-state index is 0.128. The predicted molar refractivity (Wildman–Crippen MR) is 90.5 cm³/mol. The first-order valence-electron chi connectivity index (χ1n) is 7.63. The van der Waals surface area contributed by atoms with E-state index in [0.29, 0.717) is 18.5 Å². The van der Waals surface area contributed by atoms with E-state index in [4.69, 9.17) is 5.73 Å². The van der Waals surface area contributed by atoms with Gasteiger partial charge in [-0.25, -0.2) is 0 Å². The normalized spacial score (nSPS) is 10.6. The molecule has 1 heterocycles. The molecule has 0 unspecified atom stereocenters. The Hall–Kier alpha value is -1.31. The summed E-state index contributed by atoms with van der Waals surface area (Å²) in [5.74, 6) is 6.41. The lowest BCUT2D eigenvalue weighted by Crippen LogP contribution is -2.41. The van der Waals surface area contributed by atoms with E-state index in [1.807, 2.05) is 17.0 Å². The number of hydrogen-bond donors (Lipinski definition) is 1. The average molecular weight is 306 g/mol. The zero-order valence-electron chi connectivity index (χ0n) is 13.5. The van der Waals surface area contributed by atoms with Crippen LogP contribution in [0.3, 0.4) is 0 Å². The van der Waals surface area contributed by atoms with Crippen LogP contribution in [0.2, 0.25) is 0 Å². The lowest BCUT2D eigenvalue weighted by atomic mass is 10.1. The maximum absolute atomic E-state index is 12.8. The number of thiophene rings is 1. The highest BCUT2D eigenvalue weighted by atomic mass is 32.1. The smallest absolute Gasteiger partial charge is 0.264 e. The number of carbonyl (C=O) groups excluding carboxylic acids is 1. The van der Waals surface area contributed by atoms with Crippen LogP contribution < -0.4 is 5.73 Å². The molecule has 0 saturated heterocycles. The third-order valence-corrected chi connectivity index (χ3v) is 4.33. The van der Waals surface area contributed by atoms with Gasteiger partial charge in [0, 0.05) is 12.6 Å². The van der Waals surface area contributed by atoms with Crippen molar-refractivity contribution in [2.45, 2.75) is 46.6 Å². The molecule has 1 rings (SSSR count). The molecular weight excluding hydrogens is 280 g/mol. The molecule has 2 N–H and O–H groups in total. The molecule has 3 nitrogen and oxygen atoms in total. The summed E-state index contributed by atoms with van der Waals surface area (Å²) in [6.07, 6.45) is 1.97. The van der Waals surface area contributed by atoms with Crippen LogP contribution in [-0.2, 0) is 0 Å². The van der Waals surface area contributed by atoms with E-state index < -0.39 is 0 Å². The first kappa shape index (κ1) is 17.7. The molecule has 0 aliphatic carbocycles. The van der Waals surface area contributed by atoms with Crippen LogP contribution in [0.5, 0.6) is 0 Å². The average Bonchev–Trinajstić information content (AvgIpc) is 2.93. The van der Waals surface area contributed by atoms with E-state index in [9.17, 15) is 4.79 Å². The number of carbonyl (C=O) groups is 1. The fraction of sp³-hybridized carbons (Fsp3) is 0.588. The zero-order valence-corrected chi connectivity index (χ0v) is 14.3. The molecule has 0 saturated carbocycles. The molecular formula is C17H26N2OS. The molecule has 0 aliphatic heterocycles. The van der Waals surface area contributed by atoms with Crippen molar-refractivity contribution in [3.05, 3.63) is 21.9 Å². The Balaban J connectivity index is 2.96. The molecule has 0 fully saturated rings. The highest BCUT2D eigenvalue weighted by molar-refractivity contribution is 7.14. The van der Waals surface area contributed by atoms with Crippen molar-refractivity contribution < 1.29 is 4.79 Å². The summed E-state index contributed by atoms with van der Waals surface area (Å²) in [6.45, 7) is 9.72. The first-order valence-corrected chi connectivity index (χ1v) is 8.44. The van der Waals surface area contributed by atoms with Crippen LogP contribution in [0.4, 0.5) is 0 Å². The predicted octanol–water partition coefficient (Wildman–Crippen LogP) is 3.35. The highest BCUT2D eigenvalue weighted by Gasteiger charge is 2.24. The monoisotopic (exact) mass is 306 g/mol. The van der Waals surface area contributed by atoms with E-state index in [1.165, 1.54) is 11.3 Å². The molecule has 0 spiro atoms. The van der Waals surface area contributed by atoms with Crippen molar-refractivity contribution >= 4 is 17.2 Å². The van der Waals surface area contributed by atoms with E-state index in [1.54, 1.807) is 0 Å². The highest BCUT2D eigenvalue weighted by Crippen LogP contribution is 2.21. The summed E-state index contributed by atoms with van der Waals surface area (Å²) in [4.78, 5) is 16.5.